The summed E-state index contributed by atoms with van der Waals surface area (Å²) in [6.07, 6.45) is 0. The van der Waals surface area contributed by atoms with Crippen molar-refractivity contribution in [2.75, 3.05) is 25.7 Å². The van der Waals surface area contributed by atoms with Gasteiger partial charge in [-0.2, -0.15) is 0 Å². The second kappa shape index (κ2) is 24.5. The quantitative estimate of drug-likeness (QED) is 0.134. The molecule has 0 amide bonds. The molecule has 0 aliphatic rings. The van der Waals surface area contributed by atoms with Crippen molar-refractivity contribution in [2.45, 2.75) is 263 Å². The largest absolute Gasteiger partial charge is 0.496 e. The van der Waals surface area contributed by atoms with Crippen LogP contribution in [-0.2, 0) is 43.3 Å². The maximum absolute atomic E-state index is 7.19. The molecule has 0 radical (unpaired) electrons. The Kier molecular flexibility index (Phi) is 20.2. The number of methoxy groups -OCH3 is 2. The van der Waals surface area contributed by atoms with Crippen LogP contribution < -0.4 is 20.9 Å². The molecule has 0 spiro atoms. The number of hydrogen-bond donors (Lipinski definition) is 2. The highest BCUT2D eigenvalue weighted by molar-refractivity contribution is 5.93. The lowest BCUT2D eigenvalue weighted by Gasteiger charge is -2.32. The van der Waals surface area contributed by atoms with Crippen molar-refractivity contribution in [2.24, 2.45) is 0 Å². The van der Waals surface area contributed by atoms with Gasteiger partial charge in [-0.25, -0.2) is 0 Å². The zero-order valence-electron chi connectivity index (χ0n) is 60.5. The molecule has 0 aliphatic heterocycles. The van der Waals surface area contributed by atoms with Crippen LogP contribution in [0.1, 0.15) is 303 Å². The van der Waals surface area contributed by atoms with E-state index >= 15 is 0 Å². The van der Waals surface area contributed by atoms with Crippen molar-refractivity contribution in [1.82, 2.24) is 0 Å². The number of nitrogens with two attached hydrogens (primary N) is 2. The highest BCUT2D eigenvalue weighted by Crippen LogP contribution is 2.48. The van der Waals surface area contributed by atoms with Gasteiger partial charge in [0.1, 0.15) is 11.5 Å². The van der Waals surface area contributed by atoms with Gasteiger partial charge in [-0.15, -0.1) is 0 Å². The Bertz CT molecular complexity index is 3380. The van der Waals surface area contributed by atoms with Crippen LogP contribution in [-0.4, -0.2) is 14.2 Å². The van der Waals surface area contributed by atoms with Gasteiger partial charge in [-0.3, -0.25) is 0 Å². The number of rotatable bonds is 10. The normalized spacial score (nSPS) is 13.7. The van der Waals surface area contributed by atoms with Crippen molar-refractivity contribution < 1.29 is 9.47 Å². The van der Waals surface area contributed by atoms with Gasteiger partial charge in [0.05, 0.1) is 14.2 Å². The fourth-order valence-electron chi connectivity index (χ4n) is 12.9. The lowest BCUT2D eigenvalue weighted by atomic mass is 9.73. The molecular weight excluding hydrogens is 1040 g/mol. The molecule has 0 aromatic heterocycles. The monoisotopic (exact) mass is 1160 g/mol. The molecule has 468 valence electrons. The van der Waals surface area contributed by atoms with Crippen LogP contribution in [0.25, 0.3) is 11.1 Å². The second-order valence-electron chi connectivity index (χ2n) is 33.7. The number of nitrogen functional groups attached to an aromatic ring is 2. The summed E-state index contributed by atoms with van der Waals surface area (Å²) in [5, 5.41) is 0. The molecule has 6 rings (SSSR count). The summed E-state index contributed by atoms with van der Waals surface area (Å²) < 4.78 is 12.1. The predicted octanol–water partition coefficient (Wildman–Crippen LogP) is 22.6. The van der Waals surface area contributed by atoms with E-state index < -0.39 is 0 Å². The lowest BCUT2D eigenvalue weighted by molar-refractivity contribution is 0.381. The standard InChI is InChI=1S/C41H61NO.C41H57NO/c2*1-24-18-30(25(2)28-20-32(38(5,6)7)27(4)33(21-28)39(8,9)10)36(42)31(19-24)26(3)29-22-34(40(11,12)13)37(43-17)35(23-29)41(14,15)16/h18-23,25-26H,42H2,1-17H3;18-23H,2-3,42H2,1,4-17H3/t25-,26-;/m1./s1. The van der Waals surface area contributed by atoms with Crippen molar-refractivity contribution >= 4 is 22.5 Å². The van der Waals surface area contributed by atoms with Crippen LogP contribution in [0, 0.1) is 27.7 Å². The Morgan fingerprint density at radius 1 is 0.337 bits per heavy atom. The Morgan fingerprint density at radius 2 is 0.558 bits per heavy atom. The van der Waals surface area contributed by atoms with Crippen molar-refractivity contribution in [1.29, 1.82) is 0 Å². The van der Waals surface area contributed by atoms with E-state index in [1.807, 2.05) is 0 Å². The molecule has 0 bridgehead atoms. The minimum atomic E-state index is -0.111. The van der Waals surface area contributed by atoms with Crippen molar-refractivity contribution in [3.8, 4) is 11.5 Å². The molecule has 0 saturated heterocycles. The van der Waals surface area contributed by atoms with Gasteiger partial charge in [0, 0.05) is 56.6 Å². The van der Waals surface area contributed by atoms with Crippen LogP contribution in [0.4, 0.5) is 11.4 Å². The maximum atomic E-state index is 7.19. The molecule has 4 nitrogen and oxygen atoms in total. The molecule has 0 heterocycles. The maximum Gasteiger partial charge on any atom is 0.126 e. The molecule has 0 fully saturated rings. The molecule has 0 unspecified atom stereocenters. The first-order valence-electron chi connectivity index (χ1n) is 31.7. The van der Waals surface area contributed by atoms with Gasteiger partial charge >= 0.3 is 0 Å². The first-order chi connectivity index (χ1) is 38.8. The van der Waals surface area contributed by atoms with E-state index in [0.29, 0.717) is 5.69 Å². The van der Waals surface area contributed by atoms with Gasteiger partial charge in [0.2, 0.25) is 0 Å². The number of benzene rings is 6. The van der Waals surface area contributed by atoms with Crippen LogP contribution in [0.5, 0.6) is 11.5 Å². The average molecular weight is 1160 g/mol. The van der Waals surface area contributed by atoms with Crippen molar-refractivity contribution in [3.63, 3.8) is 0 Å². The fourth-order valence-corrected chi connectivity index (χ4v) is 12.9. The number of aryl methyl sites for hydroxylation is 2. The molecule has 0 saturated carbocycles. The minimum Gasteiger partial charge on any atom is -0.496 e. The molecule has 6 aromatic rings. The summed E-state index contributed by atoms with van der Waals surface area (Å²) in [4.78, 5) is 0. The summed E-state index contributed by atoms with van der Waals surface area (Å²) in [6.45, 7) is 77.4. The third-order valence-electron chi connectivity index (χ3n) is 17.9. The van der Waals surface area contributed by atoms with E-state index in [9.17, 15) is 0 Å². The molecule has 4 N–H and O–H groups in total. The number of ether oxygens (including phenoxy) is 2. The molecule has 4 heteroatoms. The van der Waals surface area contributed by atoms with Crippen molar-refractivity contribution in [3.05, 3.63) is 197 Å². The highest BCUT2D eigenvalue weighted by atomic mass is 16.5. The molecule has 6 aromatic carbocycles. The van der Waals surface area contributed by atoms with Crippen LogP contribution in [0.2, 0.25) is 0 Å². The first-order valence-corrected chi connectivity index (χ1v) is 31.7. The lowest BCUT2D eigenvalue weighted by Crippen LogP contribution is -2.21. The zero-order chi connectivity index (χ0) is 66.1. The van der Waals surface area contributed by atoms with Crippen LogP contribution >= 0.6 is 0 Å². The van der Waals surface area contributed by atoms with E-state index in [1.165, 1.54) is 83.5 Å². The third-order valence-corrected chi connectivity index (χ3v) is 17.9. The van der Waals surface area contributed by atoms with E-state index in [1.54, 1.807) is 14.2 Å². The van der Waals surface area contributed by atoms with Crippen LogP contribution in [0.3, 0.4) is 0 Å². The molecule has 86 heavy (non-hydrogen) atoms. The van der Waals surface area contributed by atoms with Gasteiger partial charge < -0.3 is 20.9 Å². The second-order valence-corrected chi connectivity index (χ2v) is 33.7. The third kappa shape index (κ3) is 15.3. The van der Waals surface area contributed by atoms with Gasteiger partial charge in [0.15, 0.2) is 0 Å². The van der Waals surface area contributed by atoms with E-state index in [2.05, 4.69) is 294 Å². The molecule has 2 atom stereocenters. The minimum absolute atomic E-state index is 0.00184. The Morgan fingerprint density at radius 3 is 0.814 bits per heavy atom. The zero-order valence-corrected chi connectivity index (χ0v) is 60.5. The summed E-state index contributed by atoms with van der Waals surface area (Å²) in [7, 11) is 3.57. The molecule has 0 aliphatic carbocycles. The van der Waals surface area contributed by atoms with E-state index in [0.717, 1.165) is 56.1 Å². The Balaban J connectivity index is 0.000000314. The van der Waals surface area contributed by atoms with Gasteiger partial charge in [-0.1, -0.05) is 247 Å². The summed E-state index contributed by atoms with van der Waals surface area (Å²) in [5.74, 6) is 2.25. The first kappa shape index (κ1) is 70.8. The number of hydrogen-bond acceptors (Lipinski definition) is 4. The Labute approximate surface area is 526 Å². The smallest absolute Gasteiger partial charge is 0.126 e. The van der Waals surface area contributed by atoms with E-state index in [-0.39, 0.29) is 55.2 Å². The summed E-state index contributed by atoms with van der Waals surface area (Å²) >= 11 is 0. The SMILES string of the molecule is C=C(c1cc(C(C)(C)C)c(C)c(C(C)(C)C)c1)c1cc(C)cc(C(=C)c2cc(C(C)(C)C)c(OC)c(C(C)(C)C)c2)c1N.COc1c(C(C)(C)C)cc([C@@H](C)c2cc(C)cc([C@H](C)c3cc(C(C)(C)C)c(C)c(C(C)(C)C)c3)c2N)cc1C(C)(C)C. The highest BCUT2D eigenvalue weighted by Gasteiger charge is 2.33. The fraction of sp³-hybridized carbons (Fsp3) is 0.512. The predicted molar refractivity (Wildman–Crippen MR) is 380 cm³/mol. The van der Waals surface area contributed by atoms with E-state index in [4.69, 9.17) is 20.9 Å². The van der Waals surface area contributed by atoms with Gasteiger partial charge in [-0.05, 0) is 179 Å². The Hall–Kier alpha value is -6.00. The molecular formula is C82H118N2O2. The van der Waals surface area contributed by atoms with Gasteiger partial charge in [0.25, 0.3) is 0 Å². The van der Waals surface area contributed by atoms with Crippen LogP contribution in [0.15, 0.2) is 86.0 Å². The average Bonchev–Trinajstić information content (AvgIpc) is 0.926. The summed E-state index contributed by atoms with van der Waals surface area (Å²) in [6, 6.07) is 27.6. The summed E-state index contributed by atoms with van der Waals surface area (Å²) in [5.41, 5.74) is 42.1. The number of anilines is 2. The topological polar surface area (TPSA) is 70.5 Å².